The van der Waals surface area contributed by atoms with Crippen LogP contribution in [0.15, 0.2) is 41.3 Å². The van der Waals surface area contributed by atoms with Crippen molar-refractivity contribution < 1.29 is 4.79 Å². The van der Waals surface area contributed by atoms with Gasteiger partial charge in [0.15, 0.2) is 5.13 Å². The minimum atomic E-state index is -0.206. The fraction of sp³-hybridized carbons (Fsp3) is 0.176. The molecule has 3 rings (SSSR count). The van der Waals surface area contributed by atoms with Crippen molar-refractivity contribution in [2.24, 2.45) is 0 Å². The third-order valence-electron chi connectivity index (χ3n) is 3.16. The quantitative estimate of drug-likeness (QED) is 0.521. The number of aromatic nitrogens is 1. The van der Waals surface area contributed by atoms with Gasteiger partial charge < -0.3 is 0 Å². The second-order valence-electron chi connectivity index (χ2n) is 5.37. The van der Waals surface area contributed by atoms with E-state index in [0.29, 0.717) is 31.5 Å². The number of benzene rings is 2. The highest BCUT2D eigenvalue weighted by molar-refractivity contribution is 7.99. The van der Waals surface area contributed by atoms with Crippen molar-refractivity contribution in [3.8, 4) is 0 Å². The summed E-state index contributed by atoms with van der Waals surface area (Å²) >= 11 is 15.3. The van der Waals surface area contributed by atoms with E-state index in [1.807, 2.05) is 24.3 Å². The summed E-state index contributed by atoms with van der Waals surface area (Å²) in [4.78, 5) is 17.9. The first-order chi connectivity index (χ1) is 11.4. The van der Waals surface area contributed by atoms with Crippen molar-refractivity contribution in [2.45, 2.75) is 24.0 Å². The van der Waals surface area contributed by atoms with Gasteiger partial charge in [-0.25, -0.2) is 4.98 Å². The molecule has 0 unspecified atom stereocenters. The summed E-state index contributed by atoms with van der Waals surface area (Å²) < 4.78 is 0.767. The Bertz CT molecular complexity index is 852. The maximum Gasteiger partial charge on any atom is 0.257 e. The molecule has 0 aliphatic heterocycles. The van der Waals surface area contributed by atoms with Crippen LogP contribution >= 0.6 is 46.3 Å². The number of hydrogen-bond acceptors (Lipinski definition) is 4. The molecule has 0 fully saturated rings. The van der Waals surface area contributed by atoms with Gasteiger partial charge in [-0.1, -0.05) is 48.4 Å². The number of thioether (sulfide) groups is 1. The smallest absolute Gasteiger partial charge is 0.257 e. The van der Waals surface area contributed by atoms with Crippen molar-refractivity contribution >= 4 is 67.6 Å². The zero-order valence-electron chi connectivity index (χ0n) is 13.0. The summed E-state index contributed by atoms with van der Waals surface area (Å²) in [5, 5.41) is 4.87. The SMILES string of the molecule is CC(C)Sc1ccc(C(=O)Nc2nc3c(Cl)ccc(Cl)c3s2)cc1. The molecule has 7 heteroatoms. The fourth-order valence-electron chi connectivity index (χ4n) is 2.12. The van der Waals surface area contributed by atoms with Gasteiger partial charge in [-0.05, 0) is 36.4 Å². The molecule has 2 aromatic carbocycles. The molecule has 0 spiro atoms. The molecule has 1 N–H and O–H groups in total. The standard InChI is InChI=1S/C17H14Cl2N2OS2/c1-9(2)23-11-5-3-10(4-6-11)16(22)21-17-20-14-12(18)7-8-13(19)15(14)24-17/h3-9H,1-2H3,(H,20,21,22). The molecule has 0 bridgehead atoms. The number of halogens is 2. The van der Waals surface area contributed by atoms with E-state index in [2.05, 4.69) is 24.1 Å². The first-order valence-electron chi connectivity index (χ1n) is 7.26. The summed E-state index contributed by atoms with van der Waals surface area (Å²) in [6.07, 6.45) is 0. The fourth-order valence-corrected chi connectivity index (χ4v) is 4.38. The Kier molecular flexibility index (Phi) is 5.35. The predicted octanol–water partition coefficient (Wildman–Crippen LogP) is 6.36. The number of thiazole rings is 1. The lowest BCUT2D eigenvalue weighted by molar-refractivity contribution is 0.102. The summed E-state index contributed by atoms with van der Waals surface area (Å²) in [6.45, 7) is 4.27. The van der Waals surface area contributed by atoms with E-state index in [9.17, 15) is 4.79 Å². The minimum Gasteiger partial charge on any atom is -0.298 e. The van der Waals surface area contributed by atoms with E-state index in [1.54, 1.807) is 23.9 Å². The molecule has 3 nitrogen and oxygen atoms in total. The number of carbonyl (C=O) groups excluding carboxylic acids is 1. The number of amides is 1. The van der Waals surface area contributed by atoms with Gasteiger partial charge in [0.25, 0.3) is 5.91 Å². The molecule has 0 aliphatic rings. The van der Waals surface area contributed by atoms with Crippen LogP contribution in [0, 0.1) is 0 Å². The molecule has 124 valence electrons. The molecule has 0 radical (unpaired) electrons. The van der Waals surface area contributed by atoms with Gasteiger partial charge in [-0.3, -0.25) is 10.1 Å². The maximum atomic E-state index is 12.4. The average molecular weight is 397 g/mol. The van der Waals surface area contributed by atoms with Crippen molar-refractivity contribution in [3.63, 3.8) is 0 Å². The number of fused-ring (bicyclic) bond motifs is 1. The summed E-state index contributed by atoms with van der Waals surface area (Å²) in [5.41, 5.74) is 1.19. The molecular weight excluding hydrogens is 383 g/mol. The minimum absolute atomic E-state index is 0.206. The molecule has 1 amide bonds. The number of rotatable bonds is 4. The highest BCUT2D eigenvalue weighted by atomic mass is 35.5. The highest BCUT2D eigenvalue weighted by Gasteiger charge is 2.13. The summed E-state index contributed by atoms with van der Waals surface area (Å²) in [7, 11) is 0. The topological polar surface area (TPSA) is 42.0 Å². The highest BCUT2D eigenvalue weighted by Crippen LogP contribution is 2.36. The number of anilines is 1. The molecule has 0 saturated heterocycles. The molecule has 1 aromatic heterocycles. The Balaban J connectivity index is 1.79. The Labute approximate surface area is 158 Å². The van der Waals surface area contributed by atoms with Gasteiger partial charge in [0.05, 0.1) is 14.7 Å². The van der Waals surface area contributed by atoms with Gasteiger partial charge >= 0.3 is 0 Å². The van der Waals surface area contributed by atoms with Gasteiger partial charge in [0, 0.05) is 15.7 Å². The first kappa shape index (κ1) is 17.5. The molecule has 1 heterocycles. The van der Waals surface area contributed by atoms with E-state index >= 15 is 0 Å². The zero-order chi connectivity index (χ0) is 17.3. The molecular formula is C17H14Cl2N2OS2. The first-order valence-corrected chi connectivity index (χ1v) is 9.72. The van der Waals surface area contributed by atoms with Crippen molar-refractivity contribution in [1.29, 1.82) is 0 Å². The number of hydrogen-bond donors (Lipinski definition) is 1. The zero-order valence-corrected chi connectivity index (χ0v) is 16.1. The van der Waals surface area contributed by atoms with E-state index < -0.39 is 0 Å². The molecule has 0 atom stereocenters. The molecule has 0 saturated carbocycles. The van der Waals surface area contributed by atoms with Crippen LogP contribution in [0.2, 0.25) is 10.0 Å². The largest absolute Gasteiger partial charge is 0.298 e. The summed E-state index contributed by atoms with van der Waals surface area (Å²) in [6, 6.07) is 10.9. The van der Waals surface area contributed by atoms with Crippen LogP contribution in [0.4, 0.5) is 5.13 Å². The Morgan fingerprint density at radius 1 is 1.12 bits per heavy atom. The van der Waals surface area contributed by atoms with E-state index in [4.69, 9.17) is 23.2 Å². The van der Waals surface area contributed by atoms with Crippen molar-refractivity contribution in [2.75, 3.05) is 5.32 Å². The Morgan fingerprint density at radius 2 is 1.79 bits per heavy atom. The predicted molar refractivity (Wildman–Crippen MR) is 105 cm³/mol. The lowest BCUT2D eigenvalue weighted by atomic mass is 10.2. The molecule has 3 aromatic rings. The van der Waals surface area contributed by atoms with Gasteiger partial charge in [-0.15, -0.1) is 11.8 Å². The van der Waals surface area contributed by atoms with Gasteiger partial charge in [0.1, 0.15) is 5.52 Å². The van der Waals surface area contributed by atoms with E-state index in [-0.39, 0.29) is 5.91 Å². The number of nitrogens with one attached hydrogen (secondary N) is 1. The third-order valence-corrected chi connectivity index (χ3v) is 5.91. The second kappa shape index (κ2) is 7.31. The van der Waals surface area contributed by atoms with Gasteiger partial charge in [-0.2, -0.15) is 0 Å². The third kappa shape index (κ3) is 3.86. The summed E-state index contributed by atoms with van der Waals surface area (Å²) in [5.74, 6) is -0.206. The van der Waals surface area contributed by atoms with Crippen LogP contribution in [-0.4, -0.2) is 16.1 Å². The Hall–Kier alpha value is -1.27. The van der Waals surface area contributed by atoms with Crippen molar-refractivity contribution in [1.82, 2.24) is 4.98 Å². The second-order valence-corrected chi connectivity index (χ2v) is 8.83. The average Bonchev–Trinajstić information content (AvgIpc) is 2.96. The van der Waals surface area contributed by atoms with Crippen molar-refractivity contribution in [3.05, 3.63) is 52.0 Å². The van der Waals surface area contributed by atoms with Crippen LogP contribution in [0.5, 0.6) is 0 Å². The van der Waals surface area contributed by atoms with Crippen LogP contribution < -0.4 is 5.32 Å². The number of carbonyl (C=O) groups is 1. The van der Waals surface area contributed by atoms with E-state index in [0.717, 1.165) is 9.60 Å². The van der Waals surface area contributed by atoms with Crippen LogP contribution in [0.3, 0.4) is 0 Å². The van der Waals surface area contributed by atoms with Crippen LogP contribution in [-0.2, 0) is 0 Å². The maximum absolute atomic E-state index is 12.4. The lowest BCUT2D eigenvalue weighted by Crippen LogP contribution is -2.11. The number of nitrogens with zero attached hydrogens (tertiary/aromatic N) is 1. The van der Waals surface area contributed by atoms with E-state index in [1.165, 1.54) is 11.3 Å². The lowest BCUT2D eigenvalue weighted by Gasteiger charge is -2.06. The Morgan fingerprint density at radius 3 is 2.42 bits per heavy atom. The van der Waals surface area contributed by atoms with Crippen LogP contribution in [0.25, 0.3) is 10.2 Å². The molecule has 24 heavy (non-hydrogen) atoms. The molecule has 0 aliphatic carbocycles. The normalized spacial score (nSPS) is 11.2. The monoisotopic (exact) mass is 396 g/mol. The van der Waals surface area contributed by atoms with Crippen LogP contribution in [0.1, 0.15) is 24.2 Å². The van der Waals surface area contributed by atoms with Gasteiger partial charge in [0.2, 0.25) is 0 Å².